The summed E-state index contributed by atoms with van der Waals surface area (Å²) < 4.78 is 0. The number of carbonyl (C=O) groups is 1. The zero-order valence-corrected chi connectivity index (χ0v) is 15.0. The second kappa shape index (κ2) is 8.50. The number of hydrogen-bond donors (Lipinski definition) is 2. The Kier molecular flexibility index (Phi) is 5.87. The van der Waals surface area contributed by atoms with Crippen LogP contribution in [0, 0.1) is 10.1 Å². The first kappa shape index (κ1) is 18.7. The molecule has 0 aromatic heterocycles. The number of nitrogens with one attached hydrogen (secondary N) is 1. The first-order chi connectivity index (χ1) is 13.0. The standard InChI is InChI=1S/C19H23N5O3/c20-19(25)17-14-16(24(26)27)6-7-18(17)21-8-9-22-10-12-23(13-11-22)15-4-2-1-3-5-15/h1-7,14,21H,8-13H2,(H2,20,25). The van der Waals surface area contributed by atoms with E-state index in [0.717, 1.165) is 32.7 Å². The number of amides is 1. The molecule has 1 heterocycles. The zero-order valence-electron chi connectivity index (χ0n) is 15.0. The molecule has 0 saturated carbocycles. The highest BCUT2D eigenvalue weighted by atomic mass is 16.6. The minimum Gasteiger partial charge on any atom is -0.383 e. The van der Waals surface area contributed by atoms with Crippen LogP contribution in [0.4, 0.5) is 17.1 Å². The maximum absolute atomic E-state index is 11.6. The molecule has 1 fully saturated rings. The van der Waals surface area contributed by atoms with E-state index in [0.29, 0.717) is 12.2 Å². The Morgan fingerprint density at radius 2 is 1.81 bits per heavy atom. The van der Waals surface area contributed by atoms with Gasteiger partial charge in [-0.25, -0.2) is 0 Å². The highest BCUT2D eigenvalue weighted by Crippen LogP contribution is 2.22. The van der Waals surface area contributed by atoms with E-state index in [4.69, 9.17) is 5.73 Å². The van der Waals surface area contributed by atoms with Crippen molar-refractivity contribution in [1.82, 2.24) is 4.90 Å². The van der Waals surface area contributed by atoms with Crippen LogP contribution in [0.2, 0.25) is 0 Å². The van der Waals surface area contributed by atoms with E-state index in [1.54, 1.807) is 0 Å². The monoisotopic (exact) mass is 369 g/mol. The summed E-state index contributed by atoms with van der Waals surface area (Å²) >= 11 is 0. The minimum absolute atomic E-state index is 0.137. The molecule has 8 nitrogen and oxygen atoms in total. The van der Waals surface area contributed by atoms with Crippen LogP contribution in [-0.2, 0) is 0 Å². The normalized spacial score (nSPS) is 14.7. The van der Waals surface area contributed by atoms with E-state index in [2.05, 4.69) is 27.2 Å². The van der Waals surface area contributed by atoms with Gasteiger partial charge in [-0.3, -0.25) is 19.8 Å². The molecule has 1 amide bonds. The number of hydrogen-bond acceptors (Lipinski definition) is 6. The van der Waals surface area contributed by atoms with Crippen LogP contribution in [0.3, 0.4) is 0 Å². The van der Waals surface area contributed by atoms with Crippen LogP contribution in [0.1, 0.15) is 10.4 Å². The molecule has 1 saturated heterocycles. The average molecular weight is 369 g/mol. The van der Waals surface area contributed by atoms with Gasteiger partial charge >= 0.3 is 0 Å². The second-order valence-electron chi connectivity index (χ2n) is 6.44. The summed E-state index contributed by atoms with van der Waals surface area (Å²) in [7, 11) is 0. The number of piperazine rings is 1. The van der Waals surface area contributed by atoms with Crippen molar-refractivity contribution < 1.29 is 9.72 Å². The topological polar surface area (TPSA) is 105 Å². The van der Waals surface area contributed by atoms with Gasteiger partial charge in [0.25, 0.3) is 11.6 Å². The first-order valence-electron chi connectivity index (χ1n) is 8.89. The molecule has 1 aliphatic heterocycles. The van der Waals surface area contributed by atoms with Crippen LogP contribution in [0.25, 0.3) is 0 Å². The van der Waals surface area contributed by atoms with Crippen molar-refractivity contribution in [3.05, 3.63) is 64.2 Å². The van der Waals surface area contributed by atoms with Gasteiger partial charge in [0.05, 0.1) is 10.5 Å². The van der Waals surface area contributed by atoms with Gasteiger partial charge in [-0.15, -0.1) is 0 Å². The van der Waals surface area contributed by atoms with Gasteiger partial charge in [-0.2, -0.15) is 0 Å². The van der Waals surface area contributed by atoms with Gasteiger partial charge in [-0.1, -0.05) is 18.2 Å². The number of para-hydroxylation sites is 1. The third-order valence-electron chi connectivity index (χ3n) is 4.72. The Balaban J connectivity index is 1.51. The number of carbonyl (C=O) groups excluding carboxylic acids is 1. The third kappa shape index (κ3) is 4.73. The smallest absolute Gasteiger partial charge is 0.270 e. The molecule has 3 rings (SSSR count). The lowest BCUT2D eigenvalue weighted by Crippen LogP contribution is -2.47. The van der Waals surface area contributed by atoms with Gasteiger partial charge in [0.1, 0.15) is 0 Å². The molecule has 27 heavy (non-hydrogen) atoms. The number of nitrogens with zero attached hydrogens (tertiary/aromatic N) is 3. The van der Waals surface area contributed by atoms with Crippen LogP contribution < -0.4 is 16.0 Å². The molecular weight excluding hydrogens is 346 g/mol. The predicted octanol–water partition coefficient (Wildman–Crippen LogP) is 1.93. The molecule has 0 aliphatic carbocycles. The van der Waals surface area contributed by atoms with Crippen LogP contribution in [-0.4, -0.2) is 55.0 Å². The first-order valence-corrected chi connectivity index (χ1v) is 8.89. The summed E-state index contributed by atoms with van der Waals surface area (Å²) in [4.78, 5) is 26.6. The third-order valence-corrected chi connectivity index (χ3v) is 4.72. The van der Waals surface area contributed by atoms with Crippen molar-refractivity contribution >= 4 is 23.0 Å². The van der Waals surface area contributed by atoms with E-state index >= 15 is 0 Å². The van der Waals surface area contributed by atoms with Crippen molar-refractivity contribution in [2.45, 2.75) is 0 Å². The second-order valence-corrected chi connectivity index (χ2v) is 6.44. The van der Waals surface area contributed by atoms with Crippen LogP contribution in [0.15, 0.2) is 48.5 Å². The van der Waals surface area contributed by atoms with E-state index < -0.39 is 10.8 Å². The largest absolute Gasteiger partial charge is 0.383 e. The maximum atomic E-state index is 11.6. The summed E-state index contributed by atoms with van der Waals surface area (Å²) in [6, 6.07) is 14.5. The fourth-order valence-electron chi connectivity index (χ4n) is 3.22. The molecule has 1 aliphatic rings. The quantitative estimate of drug-likeness (QED) is 0.571. The number of nitrogens with two attached hydrogens (primary N) is 1. The van der Waals surface area contributed by atoms with Crippen LogP contribution >= 0.6 is 0 Å². The molecule has 0 atom stereocenters. The highest BCUT2D eigenvalue weighted by molar-refractivity contribution is 5.99. The number of non-ortho nitro benzene ring substituents is 1. The Morgan fingerprint density at radius 3 is 2.44 bits per heavy atom. The predicted molar refractivity (Wildman–Crippen MR) is 105 cm³/mol. The molecule has 142 valence electrons. The number of nitro groups is 1. The summed E-state index contributed by atoms with van der Waals surface area (Å²) in [5.41, 5.74) is 7.11. The lowest BCUT2D eigenvalue weighted by atomic mass is 10.1. The lowest BCUT2D eigenvalue weighted by molar-refractivity contribution is -0.384. The maximum Gasteiger partial charge on any atom is 0.270 e. The summed E-state index contributed by atoms with van der Waals surface area (Å²) in [5.74, 6) is -0.683. The van der Waals surface area contributed by atoms with Crippen molar-refractivity contribution in [3.8, 4) is 0 Å². The van der Waals surface area contributed by atoms with Gasteiger partial charge in [0.2, 0.25) is 0 Å². The molecule has 3 N–H and O–H groups in total. The number of primary amides is 1. The fourth-order valence-corrected chi connectivity index (χ4v) is 3.22. The molecule has 8 heteroatoms. The molecule has 0 unspecified atom stereocenters. The fraction of sp³-hybridized carbons (Fsp3) is 0.316. The number of benzene rings is 2. The molecular formula is C19H23N5O3. The highest BCUT2D eigenvalue weighted by Gasteiger charge is 2.18. The molecule has 0 radical (unpaired) electrons. The minimum atomic E-state index is -0.683. The van der Waals surface area contributed by atoms with Gasteiger partial charge in [-0.05, 0) is 18.2 Å². The van der Waals surface area contributed by atoms with Crippen LogP contribution in [0.5, 0.6) is 0 Å². The van der Waals surface area contributed by atoms with Gasteiger partial charge in [0, 0.05) is 62.8 Å². The van der Waals surface area contributed by atoms with Crippen molar-refractivity contribution in [2.24, 2.45) is 5.73 Å². The zero-order chi connectivity index (χ0) is 19.2. The molecule has 2 aromatic carbocycles. The molecule has 0 spiro atoms. The van der Waals surface area contributed by atoms with Crippen molar-refractivity contribution in [3.63, 3.8) is 0 Å². The number of anilines is 2. The van der Waals surface area contributed by atoms with Gasteiger partial charge in [0.15, 0.2) is 0 Å². The lowest BCUT2D eigenvalue weighted by Gasteiger charge is -2.36. The van der Waals surface area contributed by atoms with E-state index in [1.807, 2.05) is 18.2 Å². The van der Waals surface area contributed by atoms with Crippen molar-refractivity contribution in [2.75, 3.05) is 49.5 Å². The summed E-state index contributed by atoms with van der Waals surface area (Å²) in [5, 5.41) is 14.0. The Bertz CT molecular complexity index is 804. The summed E-state index contributed by atoms with van der Waals surface area (Å²) in [6.07, 6.45) is 0. The summed E-state index contributed by atoms with van der Waals surface area (Å²) in [6.45, 7) is 5.29. The van der Waals surface area contributed by atoms with E-state index in [1.165, 1.54) is 23.9 Å². The van der Waals surface area contributed by atoms with Gasteiger partial charge < -0.3 is 16.0 Å². The number of nitro benzene ring substituents is 1. The Morgan fingerprint density at radius 1 is 1.11 bits per heavy atom. The SMILES string of the molecule is NC(=O)c1cc([N+](=O)[O-])ccc1NCCN1CCN(c2ccccc2)CC1. The molecule has 0 bridgehead atoms. The molecule has 2 aromatic rings. The van der Waals surface area contributed by atoms with E-state index in [9.17, 15) is 14.9 Å². The van der Waals surface area contributed by atoms with E-state index in [-0.39, 0.29) is 11.3 Å². The Hall–Kier alpha value is -3.13. The van der Waals surface area contributed by atoms with Crippen molar-refractivity contribution in [1.29, 1.82) is 0 Å². The Labute approximate surface area is 157 Å². The number of rotatable bonds is 7. The average Bonchev–Trinajstić information content (AvgIpc) is 2.69.